The normalized spacial score (nSPS) is 14.2. The van der Waals surface area contributed by atoms with Crippen molar-refractivity contribution in [2.45, 2.75) is 44.4 Å². The quantitative estimate of drug-likeness (QED) is 0.434. The minimum absolute atomic E-state index is 0.00140. The molecule has 2 aromatic carbocycles. The summed E-state index contributed by atoms with van der Waals surface area (Å²) in [5, 5.41) is 3.01. The predicted molar refractivity (Wildman–Crippen MR) is 127 cm³/mol. The Kier molecular flexibility index (Phi) is 8.18. The van der Waals surface area contributed by atoms with E-state index in [0.717, 1.165) is 37.3 Å². The van der Waals surface area contributed by atoms with Crippen molar-refractivity contribution < 1.29 is 27.4 Å². The summed E-state index contributed by atoms with van der Waals surface area (Å²) < 4.78 is 57.2. The van der Waals surface area contributed by atoms with E-state index in [9.17, 15) is 13.2 Å². The summed E-state index contributed by atoms with van der Waals surface area (Å²) in [4.78, 5) is 1.92. The molecular weight excluding hydrogens is 477 g/mol. The summed E-state index contributed by atoms with van der Waals surface area (Å²) in [7, 11) is 4.58. The van der Waals surface area contributed by atoms with Gasteiger partial charge in [0.25, 0.3) is 0 Å². The van der Waals surface area contributed by atoms with Crippen LogP contribution in [0.2, 0.25) is 5.02 Å². The molecule has 10 heteroatoms. The summed E-state index contributed by atoms with van der Waals surface area (Å²) in [6, 6.07) is 7.28. The van der Waals surface area contributed by atoms with E-state index in [2.05, 4.69) is 5.32 Å². The van der Waals surface area contributed by atoms with Crippen LogP contribution in [0.5, 0.6) is 17.2 Å². The largest absolute Gasteiger partial charge is 0.493 e. The molecule has 5 nitrogen and oxygen atoms in total. The third-order valence-electron chi connectivity index (χ3n) is 5.68. The van der Waals surface area contributed by atoms with Crippen LogP contribution in [0, 0.1) is 0 Å². The number of hydrogen-bond acceptors (Lipinski definition) is 4. The van der Waals surface area contributed by atoms with Gasteiger partial charge in [-0.25, -0.2) is 0 Å². The number of rotatable bonds is 7. The van der Waals surface area contributed by atoms with E-state index in [1.165, 1.54) is 33.5 Å². The Balaban J connectivity index is 1.95. The van der Waals surface area contributed by atoms with Crippen molar-refractivity contribution in [3.05, 3.63) is 46.5 Å². The van der Waals surface area contributed by atoms with Crippen molar-refractivity contribution in [1.82, 2.24) is 4.90 Å². The minimum atomic E-state index is -4.58. The zero-order chi connectivity index (χ0) is 24.2. The zero-order valence-corrected chi connectivity index (χ0v) is 20.2. The van der Waals surface area contributed by atoms with Gasteiger partial charge in [0.05, 0.1) is 32.6 Å². The number of nitrogens with one attached hydrogen (secondary N) is 1. The van der Waals surface area contributed by atoms with Crippen LogP contribution in [0.25, 0.3) is 0 Å². The Morgan fingerprint density at radius 1 is 1.06 bits per heavy atom. The van der Waals surface area contributed by atoms with Gasteiger partial charge in [-0.1, -0.05) is 24.4 Å². The molecule has 180 valence electrons. The first-order valence-corrected chi connectivity index (χ1v) is 11.2. The number of hydrogen-bond donors (Lipinski definition) is 1. The number of nitrogens with zero attached hydrogens (tertiary/aromatic N) is 1. The number of anilines is 1. The van der Waals surface area contributed by atoms with E-state index in [-0.39, 0.29) is 21.9 Å². The first-order chi connectivity index (χ1) is 15.7. The van der Waals surface area contributed by atoms with Gasteiger partial charge in [-0.05, 0) is 55.4 Å². The molecule has 1 saturated carbocycles. The lowest BCUT2D eigenvalue weighted by Crippen LogP contribution is -2.41. The molecule has 0 amide bonds. The summed E-state index contributed by atoms with van der Waals surface area (Å²) in [6.07, 6.45) is -0.731. The Labute approximate surface area is 201 Å². The molecule has 0 bridgehead atoms. The average Bonchev–Trinajstić information content (AvgIpc) is 3.31. The highest BCUT2D eigenvalue weighted by atomic mass is 35.5. The number of thiocarbonyl (C=S) groups is 1. The average molecular weight is 503 g/mol. The number of alkyl halides is 3. The van der Waals surface area contributed by atoms with Crippen molar-refractivity contribution in [3.8, 4) is 17.2 Å². The Morgan fingerprint density at radius 2 is 1.73 bits per heavy atom. The molecule has 0 aromatic heterocycles. The van der Waals surface area contributed by atoms with Crippen molar-refractivity contribution in [1.29, 1.82) is 0 Å². The fourth-order valence-electron chi connectivity index (χ4n) is 4.10. The third kappa shape index (κ3) is 5.76. The van der Waals surface area contributed by atoms with Crippen LogP contribution in [0.3, 0.4) is 0 Å². The van der Waals surface area contributed by atoms with E-state index in [1.54, 1.807) is 6.07 Å². The number of ether oxygens (including phenoxy) is 3. The SMILES string of the molecule is COc1ccc(CN(C(=S)Nc2ccc(Cl)cc2C(F)(F)F)C2CCCC2)c(OC)c1OC. The van der Waals surface area contributed by atoms with Gasteiger partial charge in [0.1, 0.15) is 0 Å². The van der Waals surface area contributed by atoms with Crippen LogP contribution in [-0.2, 0) is 12.7 Å². The van der Waals surface area contributed by atoms with E-state index in [4.69, 9.17) is 38.0 Å². The van der Waals surface area contributed by atoms with Crippen molar-refractivity contribution in [2.75, 3.05) is 26.6 Å². The highest BCUT2D eigenvalue weighted by Gasteiger charge is 2.35. The molecule has 2 aromatic rings. The van der Waals surface area contributed by atoms with Crippen LogP contribution >= 0.6 is 23.8 Å². The fraction of sp³-hybridized carbons (Fsp3) is 0.435. The molecule has 1 fully saturated rings. The van der Waals surface area contributed by atoms with Gasteiger partial charge in [-0.15, -0.1) is 0 Å². The van der Waals surface area contributed by atoms with Gasteiger partial charge < -0.3 is 24.4 Å². The second-order valence-corrected chi connectivity index (χ2v) is 8.50. The number of benzene rings is 2. The fourth-order valence-corrected chi connectivity index (χ4v) is 4.60. The predicted octanol–water partition coefficient (Wildman–Crippen LogP) is 6.53. The van der Waals surface area contributed by atoms with Crippen LogP contribution in [0.1, 0.15) is 36.8 Å². The highest BCUT2D eigenvalue weighted by molar-refractivity contribution is 7.80. The van der Waals surface area contributed by atoms with Crippen LogP contribution in [-0.4, -0.2) is 37.4 Å². The maximum absolute atomic E-state index is 13.6. The number of halogens is 4. The molecule has 1 aliphatic carbocycles. The summed E-state index contributed by atoms with van der Waals surface area (Å²) in [5.41, 5.74) is -0.232. The van der Waals surface area contributed by atoms with Gasteiger partial charge in [0.2, 0.25) is 5.75 Å². The lowest BCUT2D eigenvalue weighted by Gasteiger charge is -2.33. The molecule has 33 heavy (non-hydrogen) atoms. The second kappa shape index (κ2) is 10.7. The van der Waals surface area contributed by atoms with E-state index in [0.29, 0.717) is 23.8 Å². The van der Waals surface area contributed by atoms with E-state index >= 15 is 0 Å². The molecule has 0 atom stereocenters. The van der Waals surface area contributed by atoms with Crippen molar-refractivity contribution in [2.24, 2.45) is 0 Å². The maximum atomic E-state index is 13.6. The van der Waals surface area contributed by atoms with Gasteiger partial charge in [0.15, 0.2) is 16.6 Å². The molecule has 0 radical (unpaired) electrons. The monoisotopic (exact) mass is 502 g/mol. The highest BCUT2D eigenvalue weighted by Crippen LogP contribution is 2.41. The Morgan fingerprint density at radius 3 is 2.30 bits per heavy atom. The molecule has 0 heterocycles. The van der Waals surface area contributed by atoms with Gasteiger partial charge in [-0.3, -0.25) is 0 Å². The lowest BCUT2D eigenvalue weighted by atomic mass is 10.1. The topological polar surface area (TPSA) is 43.0 Å². The van der Waals surface area contributed by atoms with Gasteiger partial charge in [-0.2, -0.15) is 13.2 Å². The molecule has 3 rings (SSSR count). The molecule has 0 aliphatic heterocycles. The van der Waals surface area contributed by atoms with Crippen molar-refractivity contribution >= 4 is 34.6 Å². The molecule has 0 spiro atoms. The molecule has 1 aliphatic rings. The minimum Gasteiger partial charge on any atom is -0.493 e. The summed E-state index contributed by atoms with van der Waals surface area (Å²) in [6.45, 7) is 0.328. The van der Waals surface area contributed by atoms with Crippen LogP contribution < -0.4 is 19.5 Å². The van der Waals surface area contributed by atoms with E-state index in [1.807, 2.05) is 11.0 Å². The smallest absolute Gasteiger partial charge is 0.418 e. The van der Waals surface area contributed by atoms with Gasteiger partial charge >= 0.3 is 6.18 Å². The molecular formula is C23H26ClF3N2O3S. The Hall–Kier alpha value is -2.39. The van der Waals surface area contributed by atoms with Crippen molar-refractivity contribution in [3.63, 3.8) is 0 Å². The first-order valence-electron chi connectivity index (χ1n) is 10.4. The zero-order valence-electron chi connectivity index (χ0n) is 18.6. The molecule has 0 saturated heterocycles. The van der Waals surface area contributed by atoms with Gasteiger partial charge in [0, 0.05) is 23.2 Å². The summed E-state index contributed by atoms with van der Waals surface area (Å²) in [5.74, 6) is 1.45. The van der Waals surface area contributed by atoms with Crippen LogP contribution in [0.4, 0.5) is 18.9 Å². The van der Waals surface area contributed by atoms with E-state index < -0.39 is 11.7 Å². The molecule has 1 N–H and O–H groups in total. The molecule has 0 unspecified atom stereocenters. The Bertz CT molecular complexity index is 998. The first kappa shape index (κ1) is 25.2. The standard InChI is InChI=1S/C23H26ClF3N2O3S/c1-30-19-11-8-14(20(31-2)21(19)32-3)13-29(16-6-4-5-7-16)22(33)28-18-10-9-15(24)12-17(18)23(25,26)27/h8-12,16H,4-7,13H2,1-3H3,(H,28,33). The van der Waals surface area contributed by atoms with Crippen LogP contribution in [0.15, 0.2) is 30.3 Å². The maximum Gasteiger partial charge on any atom is 0.418 e. The summed E-state index contributed by atoms with van der Waals surface area (Å²) >= 11 is 11.4. The number of methoxy groups -OCH3 is 3. The second-order valence-electron chi connectivity index (χ2n) is 7.68. The third-order valence-corrected chi connectivity index (χ3v) is 6.25. The lowest BCUT2D eigenvalue weighted by molar-refractivity contribution is -0.136.